The molecule has 0 aromatic heterocycles. The summed E-state index contributed by atoms with van der Waals surface area (Å²) in [7, 11) is 0. The molecule has 0 fully saturated rings. The van der Waals surface area contributed by atoms with Gasteiger partial charge < -0.3 is 10.1 Å². The molecule has 0 spiro atoms. The zero-order chi connectivity index (χ0) is 18.2. The first-order valence-corrected chi connectivity index (χ1v) is 7.66. The summed E-state index contributed by atoms with van der Waals surface area (Å²) in [6.07, 6.45) is 0.388. The third-order valence-corrected chi connectivity index (χ3v) is 3.51. The van der Waals surface area contributed by atoms with Crippen LogP contribution in [-0.4, -0.2) is 29.3 Å². The van der Waals surface area contributed by atoms with Crippen molar-refractivity contribution < 1.29 is 19.2 Å². The maximum absolute atomic E-state index is 12.0. The molecule has 0 aliphatic rings. The van der Waals surface area contributed by atoms with E-state index in [1.54, 1.807) is 0 Å². The fourth-order valence-electron chi connectivity index (χ4n) is 2.22. The molecule has 0 saturated carbocycles. The molecule has 0 unspecified atom stereocenters. The summed E-state index contributed by atoms with van der Waals surface area (Å²) in [5, 5.41) is 13.3. The summed E-state index contributed by atoms with van der Waals surface area (Å²) < 4.78 is 5.26. The summed E-state index contributed by atoms with van der Waals surface area (Å²) in [4.78, 5) is 33.9. The molecule has 1 atom stereocenters. The fourth-order valence-corrected chi connectivity index (χ4v) is 2.22. The Kier molecular flexibility index (Phi) is 6.22. The molecule has 2 rings (SSSR count). The second-order valence-corrected chi connectivity index (χ2v) is 5.46. The summed E-state index contributed by atoms with van der Waals surface area (Å²) in [6.45, 7) is 1.08. The summed E-state index contributed by atoms with van der Waals surface area (Å²) in [5.41, 5.74) is 0.811. The van der Waals surface area contributed by atoms with Crippen LogP contribution in [-0.2, 0) is 16.0 Å². The predicted octanol–water partition coefficient (Wildman–Crippen LogP) is 2.29. The van der Waals surface area contributed by atoms with Crippen LogP contribution in [0.15, 0.2) is 54.6 Å². The molecule has 0 bridgehead atoms. The van der Waals surface area contributed by atoms with Gasteiger partial charge in [0.05, 0.1) is 17.0 Å². The number of nitro groups is 1. The van der Waals surface area contributed by atoms with Crippen molar-refractivity contribution >= 4 is 17.4 Å². The van der Waals surface area contributed by atoms with Crippen LogP contribution in [0.4, 0.5) is 5.69 Å². The van der Waals surface area contributed by atoms with Crippen LogP contribution in [0.5, 0.6) is 5.75 Å². The topological polar surface area (TPSA) is 98.5 Å². The quantitative estimate of drug-likeness (QED) is 0.586. The Hall–Kier alpha value is -3.22. The molecule has 0 aliphatic heterocycles. The van der Waals surface area contributed by atoms with E-state index in [2.05, 4.69) is 5.32 Å². The van der Waals surface area contributed by atoms with Crippen LogP contribution >= 0.6 is 0 Å². The Labute approximate surface area is 144 Å². The van der Waals surface area contributed by atoms with Gasteiger partial charge in [-0.25, -0.2) is 0 Å². The zero-order valence-electron chi connectivity index (χ0n) is 13.7. The number of amides is 1. The van der Waals surface area contributed by atoms with Gasteiger partial charge in [0.1, 0.15) is 5.75 Å². The average Bonchev–Trinajstić information content (AvgIpc) is 2.60. The Bertz CT molecular complexity index is 761. The van der Waals surface area contributed by atoms with Gasteiger partial charge in [-0.05, 0) is 25.0 Å². The highest BCUT2D eigenvalue weighted by Gasteiger charge is 2.18. The third-order valence-electron chi connectivity index (χ3n) is 3.51. The Morgan fingerprint density at radius 1 is 1.16 bits per heavy atom. The van der Waals surface area contributed by atoms with E-state index in [1.165, 1.54) is 31.2 Å². The van der Waals surface area contributed by atoms with Crippen LogP contribution in [0, 0.1) is 10.1 Å². The number of hydrogen-bond donors (Lipinski definition) is 1. The molecule has 2 aromatic carbocycles. The minimum Gasteiger partial charge on any atom is -0.484 e. The van der Waals surface area contributed by atoms with E-state index in [0.717, 1.165) is 5.56 Å². The van der Waals surface area contributed by atoms with Crippen molar-refractivity contribution in [3.63, 3.8) is 0 Å². The Morgan fingerprint density at radius 3 is 2.52 bits per heavy atom. The van der Waals surface area contributed by atoms with E-state index >= 15 is 0 Å². The van der Waals surface area contributed by atoms with E-state index in [1.807, 2.05) is 30.3 Å². The summed E-state index contributed by atoms with van der Waals surface area (Å²) in [5.74, 6) is -0.415. The molecule has 130 valence electrons. The van der Waals surface area contributed by atoms with Gasteiger partial charge in [0.15, 0.2) is 12.4 Å². The maximum Gasteiger partial charge on any atom is 0.273 e. The van der Waals surface area contributed by atoms with E-state index in [0.29, 0.717) is 6.42 Å². The largest absolute Gasteiger partial charge is 0.484 e. The molecule has 0 heterocycles. The molecule has 25 heavy (non-hydrogen) atoms. The molecule has 1 N–H and O–H groups in total. The van der Waals surface area contributed by atoms with Crippen LogP contribution in [0.2, 0.25) is 0 Å². The van der Waals surface area contributed by atoms with Crippen molar-refractivity contribution in [3.05, 3.63) is 70.3 Å². The van der Waals surface area contributed by atoms with Gasteiger partial charge in [-0.3, -0.25) is 19.7 Å². The van der Waals surface area contributed by atoms with Crippen LogP contribution in [0.3, 0.4) is 0 Å². The summed E-state index contributed by atoms with van der Waals surface area (Å²) in [6, 6.07) is 14.3. The highest BCUT2D eigenvalue weighted by atomic mass is 16.6. The Balaban J connectivity index is 1.92. The van der Waals surface area contributed by atoms with Crippen molar-refractivity contribution in [3.8, 4) is 5.75 Å². The predicted molar refractivity (Wildman–Crippen MR) is 91.3 cm³/mol. The molecule has 0 saturated heterocycles. The third kappa shape index (κ3) is 5.72. The van der Waals surface area contributed by atoms with Gasteiger partial charge in [-0.2, -0.15) is 0 Å². The van der Waals surface area contributed by atoms with Crippen LogP contribution in [0.1, 0.15) is 12.5 Å². The lowest BCUT2D eigenvalue weighted by atomic mass is 10.0. The molecule has 0 aliphatic carbocycles. The lowest BCUT2D eigenvalue weighted by Gasteiger charge is -2.16. The van der Waals surface area contributed by atoms with Crippen LogP contribution < -0.4 is 10.1 Å². The fraction of sp³-hybridized carbons (Fsp3) is 0.222. The van der Waals surface area contributed by atoms with Crippen molar-refractivity contribution in [2.45, 2.75) is 19.4 Å². The molecule has 7 nitrogen and oxygen atoms in total. The van der Waals surface area contributed by atoms with Gasteiger partial charge in [-0.15, -0.1) is 0 Å². The molecule has 7 heteroatoms. The highest BCUT2D eigenvalue weighted by Crippen LogP contribution is 2.18. The lowest BCUT2D eigenvalue weighted by molar-refractivity contribution is -0.384. The van der Waals surface area contributed by atoms with E-state index < -0.39 is 16.9 Å². The number of Topliss-reactive ketones (excluding diaryl/α,β-unsaturated/α-hetero) is 1. The van der Waals surface area contributed by atoms with Crippen molar-refractivity contribution in [2.75, 3.05) is 6.61 Å². The Morgan fingerprint density at radius 2 is 1.88 bits per heavy atom. The van der Waals surface area contributed by atoms with Gasteiger partial charge in [0.25, 0.3) is 11.6 Å². The van der Waals surface area contributed by atoms with E-state index in [9.17, 15) is 19.7 Å². The average molecular weight is 342 g/mol. The van der Waals surface area contributed by atoms with E-state index in [-0.39, 0.29) is 23.8 Å². The number of carbonyl (C=O) groups is 2. The monoisotopic (exact) mass is 342 g/mol. The number of nitrogens with zero attached hydrogens (tertiary/aromatic N) is 1. The first-order chi connectivity index (χ1) is 12.0. The zero-order valence-corrected chi connectivity index (χ0v) is 13.7. The lowest BCUT2D eigenvalue weighted by Crippen LogP contribution is -2.43. The SMILES string of the molecule is CC(=O)[C@@H](Cc1ccccc1)NC(=O)COc1cccc([N+](=O)[O-])c1. The van der Waals surface area contributed by atoms with Crippen molar-refractivity contribution in [2.24, 2.45) is 0 Å². The minimum atomic E-state index is -0.649. The number of nitro benzene ring substituents is 1. The van der Waals surface area contributed by atoms with Crippen LogP contribution in [0.25, 0.3) is 0 Å². The number of ketones is 1. The number of rotatable bonds is 8. The smallest absolute Gasteiger partial charge is 0.273 e. The molecular weight excluding hydrogens is 324 g/mol. The normalized spacial score (nSPS) is 11.4. The number of non-ortho nitro benzene ring substituents is 1. The number of ether oxygens (including phenoxy) is 1. The molecule has 0 radical (unpaired) electrons. The van der Waals surface area contributed by atoms with Gasteiger partial charge in [0, 0.05) is 6.07 Å². The number of benzene rings is 2. The number of hydrogen-bond acceptors (Lipinski definition) is 5. The van der Waals surface area contributed by atoms with Gasteiger partial charge in [-0.1, -0.05) is 36.4 Å². The van der Waals surface area contributed by atoms with Gasteiger partial charge >= 0.3 is 0 Å². The van der Waals surface area contributed by atoms with Crippen molar-refractivity contribution in [1.82, 2.24) is 5.32 Å². The highest BCUT2D eigenvalue weighted by molar-refractivity contribution is 5.88. The number of carbonyl (C=O) groups excluding carboxylic acids is 2. The standard InChI is InChI=1S/C18H18N2O5/c1-13(21)17(10-14-6-3-2-4-7-14)19-18(22)12-25-16-9-5-8-15(11-16)20(23)24/h2-9,11,17H,10,12H2,1H3,(H,19,22)/t17-/m1/s1. The first-order valence-electron chi connectivity index (χ1n) is 7.66. The minimum absolute atomic E-state index is 0.122. The summed E-state index contributed by atoms with van der Waals surface area (Å²) >= 11 is 0. The number of nitrogens with one attached hydrogen (secondary N) is 1. The molecular formula is C18H18N2O5. The first kappa shape index (κ1) is 18.1. The second kappa shape index (κ2) is 8.58. The van der Waals surface area contributed by atoms with Gasteiger partial charge in [0.2, 0.25) is 0 Å². The molecule has 2 aromatic rings. The maximum atomic E-state index is 12.0. The second-order valence-electron chi connectivity index (χ2n) is 5.46. The molecule has 1 amide bonds. The van der Waals surface area contributed by atoms with Crippen molar-refractivity contribution in [1.29, 1.82) is 0 Å². The van der Waals surface area contributed by atoms with E-state index in [4.69, 9.17) is 4.74 Å².